The third-order valence-electron chi connectivity index (χ3n) is 4.16. The number of alkyl halides is 3. The van der Waals surface area contributed by atoms with Gasteiger partial charge in [0.05, 0.1) is 5.56 Å². The van der Waals surface area contributed by atoms with Crippen LogP contribution >= 0.6 is 0 Å². The highest BCUT2D eigenvalue weighted by Gasteiger charge is 2.31. The van der Waals surface area contributed by atoms with Crippen LogP contribution in [0.25, 0.3) is 0 Å². The predicted molar refractivity (Wildman–Crippen MR) is 79.2 cm³/mol. The summed E-state index contributed by atoms with van der Waals surface area (Å²) in [5.41, 5.74) is 0.521. The Kier molecular flexibility index (Phi) is 4.97. The van der Waals surface area contributed by atoms with Gasteiger partial charge in [-0.2, -0.15) is 13.2 Å². The second-order valence-corrected chi connectivity index (χ2v) is 6.59. The lowest BCUT2D eigenvalue weighted by atomic mass is 9.79. The molecule has 0 radical (unpaired) electrons. The fourth-order valence-electron chi connectivity index (χ4n) is 2.83. The van der Waals surface area contributed by atoms with Gasteiger partial charge in [-0.05, 0) is 48.8 Å². The summed E-state index contributed by atoms with van der Waals surface area (Å²) in [6.45, 7) is 5.32. The minimum atomic E-state index is -4.25. The Morgan fingerprint density at radius 1 is 1.14 bits per heavy atom. The van der Waals surface area contributed by atoms with Gasteiger partial charge in [-0.1, -0.05) is 32.4 Å². The van der Waals surface area contributed by atoms with E-state index in [0.29, 0.717) is 6.04 Å². The highest BCUT2D eigenvalue weighted by atomic mass is 19.4. The Hall–Kier alpha value is -1.03. The summed E-state index contributed by atoms with van der Waals surface area (Å²) in [5.74, 6) is 0. The van der Waals surface area contributed by atoms with E-state index in [2.05, 4.69) is 19.2 Å². The van der Waals surface area contributed by atoms with Gasteiger partial charge in [0.1, 0.15) is 0 Å². The second kappa shape index (κ2) is 6.39. The van der Waals surface area contributed by atoms with Crippen molar-refractivity contribution in [2.45, 2.75) is 58.2 Å². The summed E-state index contributed by atoms with van der Waals surface area (Å²) in [5, 5.41) is 3.56. The molecule has 1 fully saturated rings. The van der Waals surface area contributed by atoms with Gasteiger partial charge in [0.25, 0.3) is 0 Å². The van der Waals surface area contributed by atoms with Crippen LogP contribution in [0.5, 0.6) is 0 Å². The van der Waals surface area contributed by atoms with E-state index in [1.165, 1.54) is 25.0 Å². The van der Waals surface area contributed by atoms with Gasteiger partial charge in [0, 0.05) is 12.6 Å². The van der Waals surface area contributed by atoms with E-state index in [0.717, 1.165) is 31.4 Å². The third kappa shape index (κ3) is 5.03. The van der Waals surface area contributed by atoms with Crippen LogP contribution in [-0.4, -0.2) is 12.6 Å². The molecule has 1 saturated carbocycles. The van der Waals surface area contributed by atoms with Gasteiger partial charge < -0.3 is 5.32 Å². The molecule has 1 atom stereocenters. The molecule has 0 saturated heterocycles. The Morgan fingerprint density at radius 2 is 1.76 bits per heavy atom. The molecule has 0 aromatic heterocycles. The number of benzene rings is 1. The van der Waals surface area contributed by atoms with Gasteiger partial charge in [-0.3, -0.25) is 0 Å². The van der Waals surface area contributed by atoms with E-state index >= 15 is 0 Å². The van der Waals surface area contributed by atoms with Crippen LogP contribution < -0.4 is 5.32 Å². The minimum absolute atomic E-state index is 0.108. The molecule has 1 aliphatic carbocycles. The molecule has 1 N–H and O–H groups in total. The predicted octanol–water partition coefficient (Wildman–Crippen LogP) is 4.81. The summed E-state index contributed by atoms with van der Waals surface area (Å²) >= 11 is 0. The first-order valence-electron chi connectivity index (χ1n) is 7.72. The SMILES string of the molecule is CCCC(C)(CNC1CC1)Cc1ccc(C(F)(F)F)cc1. The van der Waals surface area contributed by atoms with Crippen LogP contribution in [0, 0.1) is 5.41 Å². The van der Waals surface area contributed by atoms with Gasteiger partial charge in [0.15, 0.2) is 0 Å². The first kappa shape index (κ1) is 16.3. The number of hydrogen-bond acceptors (Lipinski definition) is 1. The van der Waals surface area contributed by atoms with Gasteiger partial charge in [-0.25, -0.2) is 0 Å². The molecule has 0 bridgehead atoms. The fraction of sp³-hybridized carbons (Fsp3) is 0.647. The van der Waals surface area contributed by atoms with E-state index in [-0.39, 0.29) is 5.41 Å². The average molecular weight is 299 g/mol. The van der Waals surface area contributed by atoms with Crippen molar-refractivity contribution in [1.29, 1.82) is 0 Å². The monoisotopic (exact) mass is 299 g/mol. The summed E-state index contributed by atoms with van der Waals surface area (Å²) in [6.07, 6.45) is 1.24. The molecule has 4 heteroatoms. The molecule has 1 unspecified atom stereocenters. The molecule has 2 rings (SSSR count). The van der Waals surface area contributed by atoms with E-state index in [1.807, 2.05) is 0 Å². The normalized spacial score (nSPS) is 18.5. The quantitative estimate of drug-likeness (QED) is 0.762. The van der Waals surface area contributed by atoms with Crippen LogP contribution in [0.15, 0.2) is 24.3 Å². The van der Waals surface area contributed by atoms with E-state index in [1.54, 1.807) is 12.1 Å². The maximum Gasteiger partial charge on any atom is 0.416 e. The number of nitrogens with one attached hydrogen (secondary N) is 1. The van der Waals surface area contributed by atoms with Crippen molar-refractivity contribution in [3.8, 4) is 0 Å². The van der Waals surface area contributed by atoms with Gasteiger partial charge in [-0.15, -0.1) is 0 Å². The van der Waals surface area contributed by atoms with Crippen molar-refractivity contribution in [3.05, 3.63) is 35.4 Å². The smallest absolute Gasteiger partial charge is 0.313 e. The molecule has 1 aromatic rings. The Morgan fingerprint density at radius 3 is 2.24 bits per heavy atom. The van der Waals surface area contributed by atoms with Crippen LogP contribution in [0.1, 0.15) is 50.7 Å². The molecule has 1 aliphatic rings. The third-order valence-corrected chi connectivity index (χ3v) is 4.16. The van der Waals surface area contributed by atoms with Crippen molar-refractivity contribution in [2.75, 3.05) is 6.54 Å². The van der Waals surface area contributed by atoms with Crippen LogP contribution in [0.2, 0.25) is 0 Å². The van der Waals surface area contributed by atoms with Crippen molar-refractivity contribution < 1.29 is 13.2 Å². The van der Waals surface area contributed by atoms with Crippen LogP contribution in [0.3, 0.4) is 0 Å². The lowest BCUT2D eigenvalue weighted by Gasteiger charge is -2.30. The Balaban J connectivity index is 2.01. The van der Waals surface area contributed by atoms with Crippen molar-refractivity contribution in [3.63, 3.8) is 0 Å². The van der Waals surface area contributed by atoms with E-state index < -0.39 is 11.7 Å². The zero-order valence-electron chi connectivity index (χ0n) is 12.8. The second-order valence-electron chi connectivity index (χ2n) is 6.59. The highest BCUT2D eigenvalue weighted by Crippen LogP contribution is 2.32. The minimum Gasteiger partial charge on any atom is -0.313 e. The Labute approximate surface area is 124 Å². The number of hydrogen-bond donors (Lipinski definition) is 1. The molecule has 0 spiro atoms. The molecular weight excluding hydrogens is 275 g/mol. The summed E-state index contributed by atoms with van der Waals surface area (Å²) < 4.78 is 37.8. The molecule has 1 aromatic carbocycles. The summed E-state index contributed by atoms with van der Waals surface area (Å²) in [6, 6.07) is 6.28. The topological polar surface area (TPSA) is 12.0 Å². The molecule has 0 amide bonds. The first-order chi connectivity index (χ1) is 9.82. The van der Waals surface area contributed by atoms with Crippen molar-refractivity contribution in [2.24, 2.45) is 5.41 Å². The summed E-state index contributed by atoms with van der Waals surface area (Å²) in [4.78, 5) is 0. The fourth-order valence-corrected chi connectivity index (χ4v) is 2.83. The maximum absolute atomic E-state index is 12.6. The molecule has 1 nitrogen and oxygen atoms in total. The number of rotatable bonds is 7. The standard InChI is InChI=1S/C17H24F3N/c1-3-10-16(2,12-21-15-8-9-15)11-13-4-6-14(7-5-13)17(18,19)20/h4-7,15,21H,3,8-12H2,1-2H3. The largest absolute Gasteiger partial charge is 0.416 e. The highest BCUT2D eigenvalue weighted by molar-refractivity contribution is 5.25. The zero-order valence-corrected chi connectivity index (χ0v) is 12.8. The summed E-state index contributed by atoms with van der Waals surface area (Å²) in [7, 11) is 0. The number of halogens is 3. The van der Waals surface area contributed by atoms with Crippen LogP contribution in [0.4, 0.5) is 13.2 Å². The van der Waals surface area contributed by atoms with Crippen LogP contribution in [-0.2, 0) is 12.6 Å². The van der Waals surface area contributed by atoms with Crippen molar-refractivity contribution >= 4 is 0 Å². The molecule has 0 aliphatic heterocycles. The molecule has 0 heterocycles. The van der Waals surface area contributed by atoms with Gasteiger partial charge in [0.2, 0.25) is 0 Å². The molecule has 118 valence electrons. The maximum atomic E-state index is 12.6. The van der Waals surface area contributed by atoms with Gasteiger partial charge >= 0.3 is 6.18 Å². The lowest BCUT2D eigenvalue weighted by Crippen LogP contribution is -2.34. The molecular formula is C17H24F3N. The van der Waals surface area contributed by atoms with Crippen molar-refractivity contribution in [1.82, 2.24) is 5.32 Å². The van der Waals surface area contributed by atoms with E-state index in [4.69, 9.17) is 0 Å². The Bertz CT molecular complexity index is 448. The molecule has 21 heavy (non-hydrogen) atoms. The first-order valence-corrected chi connectivity index (χ1v) is 7.72. The van der Waals surface area contributed by atoms with E-state index in [9.17, 15) is 13.2 Å². The lowest BCUT2D eigenvalue weighted by molar-refractivity contribution is -0.137. The zero-order chi connectivity index (χ0) is 15.5. The average Bonchev–Trinajstić information content (AvgIpc) is 3.20.